The SMILES string of the molecule is O=P(OC1C=CS(=O)(=O)C1)(c1ccccc1)c1ccccc1. The van der Waals surface area contributed by atoms with Gasteiger partial charge in [0.1, 0.15) is 0 Å². The number of hydrogen-bond donors (Lipinski definition) is 0. The van der Waals surface area contributed by atoms with Crippen molar-refractivity contribution in [2.75, 3.05) is 5.75 Å². The lowest BCUT2D eigenvalue weighted by Crippen LogP contribution is -2.24. The van der Waals surface area contributed by atoms with E-state index in [4.69, 9.17) is 4.52 Å². The molecule has 0 saturated carbocycles. The molecule has 114 valence electrons. The van der Waals surface area contributed by atoms with Gasteiger partial charge in [-0.1, -0.05) is 36.4 Å². The number of benzene rings is 2. The number of rotatable bonds is 4. The van der Waals surface area contributed by atoms with Crippen LogP contribution in [-0.2, 0) is 18.9 Å². The van der Waals surface area contributed by atoms with Crippen molar-refractivity contribution >= 4 is 27.8 Å². The van der Waals surface area contributed by atoms with Gasteiger partial charge >= 0.3 is 0 Å². The molecule has 1 atom stereocenters. The molecule has 0 bridgehead atoms. The average molecular weight is 334 g/mol. The first-order chi connectivity index (χ1) is 10.5. The number of sulfone groups is 1. The molecule has 1 heterocycles. The second kappa shape index (κ2) is 5.84. The monoisotopic (exact) mass is 334 g/mol. The highest BCUT2D eigenvalue weighted by atomic mass is 32.2. The normalized spacial score (nSPS) is 20.1. The zero-order chi connectivity index (χ0) is 15.6. The Kier molecular flexibility index (Phi) is 4.04. The Bertz CT molecular complexity index is 785. The molecule has 4 nitrogen and oxygen atoms in total. The smallest absolute Gasteiger partial charge is 0.261 e. The van der Waals surface area contributed by atoms with Gasteiger partial charge in [0.25, 0.3) is 7.37 Å². The molecule has 1 aliphatic heterocycles. The third-order valence-electron chi connectivity index (χ3n) is 3.37. The van der Waals surface area contributed by atoms with E-state index in [2.05, 4.69) is 0 Å². The molecule has 0 fully saturated rings. The van der Waals surface area contributed by atoms with Crippen molar-refractivity contribution in [3.63, 3.8) is 0 Å². The highest BCUT2D eigenvalue weighted by Crippen LogP contribution is 2.46. The van der Waals surface area contributed by atoms with Crippen LogP contribution in [0.25, 0.3) is 0 Å². The molecular weight excluding hydrogens is 319 g/mol. The van der Waals surface area contributed by atoms with Gasteiger partial charge in [0.15, 0.2) is 9.84 Å². The van der Waals surface area contributed by atoms with E-state index in [-0.39, 0.29) is 5.75 Å². The molecule has 2 aromatic rings. The Morgan fingerprint density at radius 3 is 1.82 bits per heavy atom. The van der Waals surface area contributed by atoms with Crippen LogP contribution in [0.2, 0.25) is 0 Å². The Morgan fingerprint density at radius 1 is 0.909 bits per heavy atom. The summed E-state index contributed by atoms with van der Waals surface area (Å²) in [5.74, 6) is -0.170. The van der Waals surface area contributed by atoms with Crippen LogP contribution < -0.4 is 10.6 Å². The second-order valence-corrected chi connectivity index (χ2v) is 9.30. The Balaban J connectivity index is 2.02. The van der Waals surface area contributed by atoms with Crippen molar-refractivity contribution in [1.82, 2.24) is 0 Å². The molecule has 22 heavy (non-hydrogen) atoms. The first-order valence-corrected chi connectivity index (χ1v) is 10.1. The van der Waals surface area contributed by atoms with Crippen LogP contribution in [0.5, 0.6) is 0 Å². The Morgan fingerprint density at radius 2 is 1.41 bits per heavy atom. The van der Waals surface area contributed by atoms with E-state index in [0.29, 0.717) is 10.6 Å². The summed E-state index contributed by atoms with van der Waals surface area (Å²) in [6, 6.07) is 17.8. The largest absolute Gasteiger partial charge is 0.313 e. The van der Waals surface area contributed by atoms with E-state index in [1.165, 1.54) is 6.08 Å². The van der Waals surface area contributed by atoms with E-state index in [9.17, 15) is 13.0 Å². The summed E-state index contributed by atoms with van der Waals surface area (Å²) in [5.41, 5.74) is 0. The highest BCUT2D eigenvalue weighted by molar-refractivity contribution is 7.94. The highest BCUT2D eigenvalue weighted by Gasteiger charge is 2.34. The average Bonchev–Trinajstić information content (AvgIpc) is 2.87. The van der Waals surface area contributed by atoms with Gasteiger partial charge in [0.2, 0.25) is 0 Å². The molecule has 3 rings (SSSR count). The summed E-state index contributed by atoms with van der Waals surface area (Å²) >= 11 is 0. The minimum Gasteiger partial charge on any atom is -0.313 e. The molecule has 0 aliphatic carbocycles. The minimum absolute atomic E-state index is 0.170. The van der Waals surface area contributed by atoms with E-state index in [1.54, 1.807) is 48.5 Å². The molecular formula is C16H15O4PS. The van der Waals surface area contributed by atoms with E-state index in [0.717, 1.165) is 5.41 Å². The Labute approximate surface area is 129 Å². The number of hydrogen-bond acceptors (Lipinski definition) is 4. The van der Waals surface area contributed by atoms with Gasteiger partial charge in [-0.3, -0.25) is 4.57 Å². The van der Waals surface area contributed by atoms with Crippen LogP contribution in [-0.4, -0.2) is 20.3 Å². The lowest BCUT2D eigenvalue weighted by molar-refractivity contribution is 0.286. The third kappa shape index (κ3) is 3.07. The molecule has 2 aromatic carbocycles. The second-order valence-electron chi connectivity index (χ2n) is 5.02. The summed E-state index contributed by atoms with van der Waals surface area (Å²) in [6.07, 6.45) is 0.754. The van der Waals surface area contributed by atoms with Gasteiger partial charge in [0, 0.05) is 16.0 Å². The minimum atomic E-state index is -3.35. The van der Waals surface area contributed by atoms with Crippen molar-refractivity contribution in [1.29, 1.82) is 0 Å². The first kappa shape index (κ1) is 15.2. The molecule has 0 spiro atoms. The van der Waals surface area contributed by atoms with Crippen molar-refractivity contribution < 1.29 is 17.5 Å². The van der Waals surface area contributed by atoms with Crippen molar-refractivity contribution in [2.24, 2.45) is 0 Å². The standard InChI is InChI=1S/C16H15O4PS/c17-21(15-7-3-1-4-8-15,16-9-5-2-6-10-16)20-14-11-12-22(18,19)13-14/h1-12,14H,13H2. The zero-order valence-electron chi connectivity index (χ0n) is 11.7. The van der Waals surface area contributed by atoms with E-state index >= 15 is 0 Å². The summed E-state index contributed by atoms with van der Waals surface area (Å²) in [6.45, 7) is 0. The van der Waals surface area contributed by atoms with Crippen LogP contribution in [0, 0.1) is 0 Å². The van der Waals surface area contributed by atoms with Crippen LogP contribution in [0.1, 0.15) is 0 Å². The van der Waals surface area contributed by atoms with Gasteiger partial charge in [0.05, 0.1) is 11.9 Å². The van der Waals surface area contributed by atoms with Crippen molar-refractivity contribution in [3.8, 4) is 0 Å². The third-order valence-corrected chi connectivity index (χ3v) is 7.26. The lowest BCUT2D eigenvalue weighted by Gasteiger charge is -2.22. The molecule has 1 aliphatic rings. The van der Waals surface area contributed by atoms with Crippen LogP contribution in [0.4, 0.5) is 0 Å². The van der Waals surface area contributed by atoms with Crippen LogP contribution in [0.15, 0.2) is 72.1 Å². The van der Waals surface area contributed by atoms with Gasteiger partial charge < -0.3 is 4.52 Å². The summed E-state index contributed by atoms with van der Waals surface area (Å²) in [5, 5.41) is 2.23. The fourth-order valence-corrected chi connectivity index (χ4v) is 5.78. The summed E-state index contributed by atoms with van der Waals surface area (Å²) < 4.78 is 42.4. The molecule has 0 aromatic heterocycles. The van der Waals surface area contributed by atoms with E-state index < -0.39 is 23.3 Å². The fourth-order valence-electron chi connectivity index (χ4n) is 2.32. The quantitative estimate of drug-likeness (QED) is 0.805. The molecule has 0 N–H and O–H groups in total. The van der Waals surface area contributed by atoms with Crippen molar-refractivity contribution in [3.05, 3.63) is 72.1 Å². The molecule has 1 unspecified atom stereocenters. The molecule has 0 radical (unpaired) electrons. The van der Waals surface area contributed by atoms with Crippen LogP contribution in [0.3, 0.4) is 0 Å². The van der Waals surface area contributed by atoms with Crippen molar-refractivity contribution in [2.45, 2.75) is 6.10 Å². The summed E-state index contributed by atoms with van der Waals surface area (Å²) in [4.78, 5) is 0. The topological polar surface area (TPSA) is 60.4 Å². The van der Waals surface area contributed by atoms with Crippen LogP contribution >= 0.6 is 7.37 Å². The van der Waals surface area contributed by atoms with E-state index in [1.807, 2.05) is 12.1 Å². The fraction of sp³-hybridized carbons (Fsp3) is 0.125. The molecule has 0 amide bonds. The maximum Gasteiger partial charge on any atom is 0.261 e. The molecule has 6 heteroatoms. The Hall–Kier alpha value is -1.68. The predicted molar refractivity (Wildman–Crippen MR) is 87.6 cm³/mol. The lowest BCUT2D eigenvalue weighted by atomic mass is 10.4. The maximum absolute atomic E-state index is 13.5. The van der Waals surface area contributed by atoms with Gasteiger partial charge in [-0.05, 0) is 30.3 Å². The van der Waals surface area contributed by atoms with Gasteiger partial charge in [-0.15, -0.1) is 0 Å². The zero-order valence-corrected chi connectivity index (χ0v) is 13.4. The maximum atomic E-state index is 13.5. The predicted octanol–water partition coefficient (Wildman–Crippen LogP) is 2.24. The van der Waals surface area contributed by atoms with Gasteiger partial charge in [-0.25, -0.2) is 8.42 Å². The first-order valence-electron chi connectivity index (χ1n) is 6.80. The van der Waals surface area contributed by atoms with Gasteiger partial charge in [-0.2, -0.15) is 0 Å². The molecule has 0 saturated heterocycles. The summed E-state index contributed by atoms with van der Waals surface area (Å²) in [7, 11) is -6.60.